The molecule has 2 fully saturated rings. The molecular formula is C14H22N4O5. The lowest BCUT2D eigenvalue weighted by molar-refractivity contribution is -0.196. The minimum absolute atomic E-state index is 0.0310. The molecule has 2 saturated heterocycles. The molecular weight excluding hydrogens is 304 g/mol. The Labute approximate surface area is 134 Å². The zero-order valence-corrected chi connectivity index (χ0v) is 13.1. The van der Waals surface area contributed by atoms with E-state index in [0.717, 1.165) is 19.3 Å². The highest BCUT2D eigenvalue weighted by atomic mass is 16.7. The predicted octanol–water partition coefficient (Wildman–Crippen LogP) is -1.13. The first-order chi connectivity index (χ1) is 10.9. The lowest BCUT2D eigenvalue weighted by Crippen LogP contribution is -2.54. The number of nitrogens with two attached hydrogens (primary N) is 1. The molecule has 3 N–H and O–H groups in total. The van der Waals surface area contributed by atoms with E-state index in [4.69, 9.17) is 5.73 Å². The molecule has 9 nitrogen and oxygen atoms in total. The van der Waals surface area contributed by atoms with Crippen molar-refractivity contribution >= 4 is 23.7 Å². The van der Waals surface area contributed by atoms with Gasteiger partial charge in [-0.15, -0.1) is 5.06 Å². The lowest BCUT2D eigenvalue weighted by atomic mass is 10.0. The largest absolute Gasteiger partial charge is 0.352 e. The third-order valence-electron chi connectivity index (χ3n) is 4.07. The Hall–Kier alpha value is -2.00. The normalized spacial score (nSPS) is 25.6. The van der Waals surface area contributed by atoms with E-state index >= 15 is 0 Å². The van der Waals surface area contributed by atoms with E-state index in [-0.39, 0.29) is 37.5 Å². The Morgan fingerprint density at radius 3 is 2.52 bits per heavy atom. The average Bonchev–Trinajstić information content (AvgIpc) is 2.81. The fourth-order valence-electron chi connectivity index (χ4n) is 2.74. The van der Waals surface area contributed by atoms with E-state index < -0.39 is 24.3 Å². The summed E-state index contributed by atoms with van der Waals surface area (Å²) in [6.07, 6.45) is 2.73. The van der Waals surface area contributed by atoms with Crippen LogP contribution < -0.4 is 11.1 Å². The van der Waals surface area contributed by atoms with Gasteiger partial charge in [-0.05, 0) is 26.2 Å². The number of nitrogens with one attached hydrogen (secondary N) is 1. The number of imide groups is 1. The minimum Gasteiger partial charge on any atom is -0.344 e. The second-order valence-electron chi connectivity index (χ2n) is 5.84. The van der Waals surface area contributed by atoms with Crippen LogP contribution in [-0.2, 0) is 24.0 Å². The molecule has 2 rings (SSSR count). The Morgan fingerprint density at radius 2 is 1.91 bits per heavy atom. The van der Waals surface area contributed by atoms with Gasteiger partial charge in [0.15, 0.2) is 0 Å². The standard InChI is InChI=1S/C14H22N4O5/c1-9-3-2-4-10(15)17(9)8-11(19)16-7-14(22)23-18-12(20)5-6-13(18)21/h9-10H,2-8,15H2,1H3,(H,16,19). The van der Waals surface area contributed by atoms with E-state index in [1.165, 1.54) is 0 Å². The van der Waals surface area contributed by atoms with Crippen LogP contribution in [0.3, 0.4) is 0 Å². The molecule has 0 spiro atoms. The van der Waals surface area contributed by atoms with Crippen LogP contribution in [-0.4, -0.2) is 59.0 Å². The summed E-state index contributed by atoms with van der Waals surface area (Å²) >= 11 is 0. The first-order valence-corrected chi connectivity index (χ1v) is 7.73. The Kier molecular flexibility index (Phi) is 5.67. The van der Waals surface area contributed by atoms with Gasteiger partial charge in [0.1, 0.15) is 6.54 Å². The van der Waals surface area contributed by atoms with E-state index in [1.807, 2.05) is 11.8 Å². The van der Waals surface area contributed by atoms with Crippen molar-refractivity contribution in [2.24, 2.45) is 5.73 Å². The maximum atomic E-state index is 11.9. The molecule has 23 heavy (non-hydrogen) atoms. The number of rotatable bonds is 5. The number of carbonyl (C=O) groups is 4. The van der Waals surface area contributed by atoms with Crippen molar-refractivity contribution in [3.05, 3.63) is 0 Å². The summed E-state index contributed by atoms with van der Waals surface area (Å²) < 4.78 is 0. The summed E-state index contributed by atoms with van der Waals surface area (Å²) in [5.74, 6) is -2.33. The quantitative estimate of drug-likeness (QED) is 0.613. The molecule has 0 aromatic heterocycles. The molecule has 0 aliphatic carbocycles. The second kappa shape index (κ2) is 7.51. The number of amides is 3. The third-order valence-corrected chi connectivity index (χ3v) is 4.07. The van der Waals surface area contributed by atoms with E-state index in [1.54, 1.807) is 0 Å². The van der Waals surface area contributed by atoms with Gasteiger partial charge >= 0.3 is 5.97 Å². The van der Waals surface area contributed by atoms with Crippen LogP contribution in [0.15, 0.2) is 0 Å². The molecule has 0 aromatic carbocycles. The van der Waals surface area contributed by atoms with Crippen LogP contribution in [0.4, 0.5) is 0 Å². The molecule has 2 aliphatic heterocycles. The highest BCUT2D eigenvalue weighted by molar-refractivity contribution is 6.01. The SMILES string of the molecule is CC1CCCC(N)N1CC(=O)NCC(=O)ON1C(=O)CCC1=O. The van der Waals surface area contributed by atoms with E-state index in [2.05, 4.69) is 10.2 Å². The molecule has 2 heterocycles. The maximum absolute atomic E-state index is 11.9. The zero-order valence-electron chi connectivity index (χ0n) is 13.1. The maximum Gasteiger partial charge on any atom is 0.352 e. The number of carbonyl (C=O) groups excluding carboxylic acids is 4. The topological polar surface area (TPSA) is 122 Å². The highest BCUT2D eigenvalue weighted by Gasteiger charge is 2.33. The molecule has 2 aliphatic rings. The summed E-state index contributed by atoms with van der Waals surface area (Å²) in [5.41, 5.74) is 5.99. The Morgan fingerprint density at radius 1 is 1.26 bits per heavy atom. The second-order valence-corrected chi connectivity index (χ2v) is 5.84. The molecule has 0 radical (unpaired) electrons. The van der Waals surface area contributed by atoms with Gasteiger partial charge in [-0.3, -0.25) is 19.3 Å². The summed E-state index contributed by atoms with van der Waals surface area (Å²) in [6, 6.07) is 0.205. The predicted molar refractivity (Wildman–Crippen MR) is 78.2 cm³/mol. The summed E-state index contributed by atoms with van der Waals surface area (Å²) in [5, 5.41) is 2.87. The minimum atomic E-state index is -0.863. The van der Waals surface area contributed by atoms with Gasteiger partial charge in [0, 0.05) is 18.9 Å². The van der Waals surface area contributed by atoms with Crippen LogP contribution >= 0.6 is 0 Å². The molecule has 0 aromatic rings. The lowest BCUT2D eigenvalue weighted by Gasteiger charge is -2.37. The van der Waals surface area contributed by atoms with Gasteiger partial charge in [-0.25, -0.2) is 4.79 Å². The van der Waals surface area contributed by atoms with E-state index in [0.29, 0.717) is 5.06 Å². The van der Waals surface area contributed by atoms with Crippen molar-refractivity contribution in [3.8, 4) is 0 Å². The van der Waals surface area contributed by atoms with Gasteiger partial charge in [0.05, 0.1) is 12.7 Å². The van der Waals surface area contributed by atoms with Crippen molar-refractivity contribution in [2.75, 3.05) is 13.1 Å². The first kappa shape index (κ1) is 17.4. The van der Waals surface area contributed by atoms with Crippen LogP contribution in [0.25, 0.3) is 0 Å². The van der Waals surface area contributed by atoms with Gasteiger partial charge < -0.3 is 15.9 Å². The monoisotopic (exact) mass is 326 g/mol. The molecule has 2 atom stereocenters. The smallest absolute Gasteiger partial charge is 0.344 e. The molecule has 128 valence electrons. The van der Waals surface area contributed by atoms with Crippen LogP contribution in [0.1, 0.15) is 39.0 Å². The van der Waals surface area contributed by atoms with Crippen molar-refractivity contribution in [2.45, 2.75) is 51.2 Å². The molecule has 0 saturated carbocycles. The number of hydrogen-bond acceptors (Lipinski definition) is 7. The van der Waals surface area contributed by atoms with Gasteiger partial charge in [-0.1, -0.05) is 0 Å². The number of nitrogens with zero attached hydrogens (tertiary/aromatic N) is 2. The van der Waals surface area contributed by atoms with Gasteiger partial charge in [0.2, 0.25) is 5.91 Å². The van der Waals surface area contributed by atoms with Crippen molar-refractivity contribution < 1.29 is 24.0 Å². The highest BCUT2D eigenvalue weighted by Crippen LogP contribution is 2.19. The van der Waals surface area contributed by atoms with Crippen molar-refractivity contribution in [3.63, 3.8) is 0 Å². The Bertz CT molecular complexity index is 483. The van der Waals surface area contributed by atoms with Crippen molar-refractivity contribution in [1.29, 1.82) is 0 Å². The van der Waals surface area contributed by atoms with Gasteiger partial charge in [0.25, 0.3) is 11.8 Å². The number of hydrogen-bond donors (Lipinski definition) is 2. The first-order valence-electron chi connectivity index (χ1n) is 7.73. The number of likely N-dealkylation sites (tertiary alicyclic amines) is 1. The van der Waals surface area contributed by atoms with Crippen LogP contribution in [0.2, 0.25) is 0 Å². The summed E-state index contributed by atoms with van der Waals surface area (Å²) in [6.45, 7) is 1.69. The Balaban J connectivity index is 1.74. The number of piperidine rings is 1. The van der Waals surface area contributed by atoms with Crippen LogP contribution in [0, 0.1) is 0 Å². The molecule has 9 heteroatoms. The summed E-state index contributed by atoms with van der Waals surface area (Å²) in [4.78, 5) is 52.7. The fraction of sp³-hybridized carbons (Fsp3) is 0.714. The molecule has 2 unspecified atom stereocenters. The molecule has 0 bridgehead atoms. The van der Waals surface area contributed by atoms with E-state index in [9.17, 15) is 19.2 Å². The summed E-state index contributed by atoms with van der Waals surface area (Å²) in [7, 11) is 0. The fourth-order valence-corrected chi connectivity index (χ4v) is 2.74. The zero-order chi connectivity index (χ0) is 17.0. The molecule has 3 amide bonds. The number of hydroxylamine groups is 2. The van der Waals surface area contributed by atoms with Crippen molar-refractivity contribution in [1.82, 2.24) is 15.3 Å². The van der Waals surface area contributed by atoms with Crippen LogP contribution in [0.5, 0.6) is 0 Å². The average molecular weight is 326 g/mol. The third kappa shape index (κ3) is 4.49. The van der Waals surface area contributed by atoms with Gasteiger partial charge in [-0.2, -0.15) is 0 Å².